The number of rotatable bonds is 4. The van der Waals surface area contributed by atoms with Crippen molar-refractivity contribution in [1.82, 2.24) is 15.1 Å². The van der Waals surface area contributed by atoms with Crippen LogP contribution in [0, 0.1) is 16.3 Å². The van der Waals surface area contributed by atoms with Crippen LogP contribution in [0.3, 0.4) is 0 Å². The third kappa shape index (κ3) is 3.95. The van der Waals surface area contributed by atoms with Gasteiger partial charge in [-0.25, -0.2) is 4.39 Å². The molecule has 0 radical (unpaired) electrons. The highest BCUT2D eigenvalue weighted by Gasteiger charge is 2.27. The van der Waals surface area contributed by atoms with Gasteiger partial charge in [0.25, 0.3) is 0 Å². The van der Waals surface area contributed by atoms with Crippen LogP contribution in [0.25, 0.3) is 21.8 Å². The average Bonchev–Trinajstić information content (AvgIpc) is 3.24. The van der Waals surface area contributed by atoms with Crippen LogP contribution >= 0.6 is 33.9 Å². The topological polar surface area (TPSA) is 38.2 Å². The lowest BCUT2D eigenvalue weighted by atomic mass is 9.90. The third-order valence-corrected chi connectivity index (χ3v) is 7.04. The van der Waals surface area contributed by atoms with Crippen molar-refractivity contribution in [2.75, 3.05) is 7.11 Å². The minimum Gasteiger partial charge on any atom is -0.496 e. The Kier molecular flexibility index (Phi) is 5.76. The van der Waals surface area contributed by atoms with Gasteiger partial charge in [-0.05, 0) is 89.7 Å². The van der Waals surface area contributed by atoms with Gasteiger partial charge in [-0.2, -0.15) is 0 Å². The number of benzene rings is 2. The van der Waals surface area contributed by atoms with Crippen molar-refractivity contribution in [1.29, 1.82) is 0 Å². The van der Waals surface area contributed by atoms with Crippen molar-refractivity contribution < 1.29 is 9.13 Å². The van der Waals surface area contributed by atoms with E-state index in [0.29, 0.717) is 5.56 Å². The second-order valence-corrected chi connectivity index (χ2v) is 9.97. The smallest absolute Gasteiger partial charge is 0.147 e. The Bertz CT molecular complexity index is 1420. The second kappa shape index (κ2) is 8.72. The minimum absolute atomic E-state index is 0.256. The fraction of sp³-hybridized carbons (Fsp3) is 0.0769. The molecule has 3 heterocycles. The Morgan fingerprint density at radius 1 is 1.09 bits per heavy atom. The Balaban J connectivity index is 1.67. The van der Waals surface area contributed by atoms with E-state index < -0.39 is 0 Å². The molecular formula is C26H19FIN3OS. The Labute approximate surface area is 209 Å². The second-order valence-electron chi connectivity index (χ2n) is 7.55. The van der Waals surface area contributed by atoms with Crippen LogP contribution in [0.1, 0.15) is 16.1 Å². The molecule has 2 aliphatic rings. The number of aryl methyl sites for hydroxylation is 1. The standard InChI is InChI=1S/C26H19FIN3OS/c1-15-11-12-31-22(19-9-8-18(28)14-21(19)27)5-4-6-23(31)25(15)20-13-17(7-10-24(20)32-3)26-30-29-16(2)33-26/h4-14H,1H2,2-3H3. The van der Waals surface area contributed by atoms with Crippen LogP contribution in [-0.4, -0.2) is 22.2 Å². The summed E-state index contributed by atoms with van der Waals surface area (Å²) in [5.74, 6) is 0.470. The Hall–Kier alpha value is -3.04. The summed E-state index contributed by atoms with van der Waals surface area (Å²) in [4.78, 5) is 2.00. The molecule has 0 amide bonds. The molecule has 5 rings (SSSR count). The average molecular weight is 567 g/mol. The summed E-state index contributed by atoms with van der Waals surface area (Å²) in [6.07, 6.45) is 9.74. The zero-order valence-corrected chi connectivity index (χ0v) is 20.9. The third-order valence-electron chi connectivity index (χ3n) is 5.48. The zero-order valence-electron chi connectivity index (χ0n) is 18.0. The van der Waals surface area contributed by atoms with E-state index in [1.54, 1.807) is 24.5 Å². The van der Waals surface area contributed by atoms with Gasteiger partial charge in [-0.15, -0.1) is 10.2 Å². The maximum atomic E-state index is 14.9. The van der Waals surface area contributed by atoms with Crippen LogP contribution < -0.4 is 4.74 Å². The number of methoxy groups -OCH3 is 1. The van der Waals surface area contributed by atoms with E-state index in [1.807, 2.05) is 66.6 Å². The van der Waals surface area contributed by atoms with Gasteiger partial charge in [0, 0.05) is 32.0 Å². The number of aromatic nitrogens is 2. The summed E-state index contributed by atoms with van der Waals surface area (Å²) < 4.78 is 21.4. The maximum absolute atomic E-state index is 14.9. The van der Waals surface area contributed by atoms with Crippen molar-refractivity contribution >= 4 is 45.2 Å². The molecule has 4 nitrogen and oxygen atoms in total. The van der Waals surface area contributed by atoms with Crippen LogP contribution in [0.5, 0.6) is 5.75 Å². The number of hydrogen-bond acceptors (Lipinski definition) is 5. The van der Waals surface area contributed by atoms with Crippen molar-refractivity contribution in [2.45, 2.75) is 6.92 Å². The quantitative estimate of drug-likeness (QED) is 0.319. The number of halogens is 2. The van der Waals surface area contributed by atoms with Crippen molar-refractivity contribution in [3.8, 4) is 16.3 Å². The summed E-state index contributed by atoms with van der Waals surface area (Å²) >= 11 is 3.66. The summed E-state index contributed by atoms with van der Waals surface area (Å²) in [7, 11) is 1.65. The molecular weight excluding hydrogens is 548 g/mol. The van der Waals surface area contributed by atoms with E-state index in [2.05, 4.69) is 45.4 Å². The van der Waals surface area contributed by atoms with Gasteiger partial charge in [0.05, 0.1) is 18.5 Å². The van der Waals surface area contributed by atoms with Crippen LogP contribution in [0.4, 0.5) is 4.39 Å². The first kappa shape index (κ1) is 21.8. The summed E-state index contributed by atoms with van der Waals surface area (Å²) in [5.41, 5.74) is 5.83. The monoisotopic (exact) mass is 567 g/mol. The molecule has 0 atom stereocenters. The fourth-order valence-corrected chi connectivity index (χ4v) is 5.12. The van der Waals surface area contributed by atoms with Gasteiger partial charge in [-0.1, -0.05) is 24.0 Å². The van der Waals surface area contributed by atoms with E-state index in [1.165, 1.54) is 0 Å². The maximum Gasteiger partial charge on any atom is 0.147 e. The highest BCUT2D eigenvalue weighted by Crippen LogP contribution is 2.43. The van der Waals surface area contributed by atoms with Crippen LogP contribution in [0.15, 0.2) is 84.8 Å². The SMILES string of the molecule is C=C1C=CN2C(c3ccc(I)cc3F)=CC=CC2=C1c1cc(-c2nnc(C)s2)ccc1OC. The molecule has 0 fully saturated rings. The van der Waals surface area contributed by atoms with Crippen molar-refractivity contribution in [3.63, 3.8) is 0 Å². The molecule has 0 spiro atoms. The van der Waals surface area contributed by atoms with Crippen molar-refractivity contribution in [3.05, 3.63) is 110 Å². The predicted octanol–water partition coefficient (Wildman–Crippen LogP) is 6.97. The Morgan fingerprint density at radius 3 is 2.67 bits per heavy atom. The van der Waals surface area contributed by atoms with Gasteiger partial charge < -0.3 is 9.64 Å². The fourth-order valence-electron chi connectivity index (χ4n) is 3.97. The first-order valence-electron chi connectivity index (χ1n) is 10.2. The van der Waals surface area contributed by atoms with Gasteiger partial charge >= 0.3 is 0 Å². The number of fused-ring (bicyclic) bond motifs is 1. The first-order valence-corrected chi connectivity index (χ1v) is 12.1. The molecule has 0 N–H and O–H groups in total. The molecule has 7 heteroatoms. The highest BCUT2D eigenvalue weighted by molar-refractivity contribution is 14.1. The predicted molar refractivity (Wildman–Crippen MR) is 140 cm³/mol. The van der Waals surface area contributed by atoms with E-state index in [0.717, 1.165) is 53.0 Å². The van der Waals surface area contributed by atoms with Gasteiger partial charge in [0.2, 0.25) is 0 Å². The normalized spacial score (nSPS) is 15.1. The van der Waals surface area contributed by atoms with Gasteiger partial charge in [0.15, 0.2) is 0 Å². The number of allylic oxidation sites excluding steroid dienone is 6. The molecule has 0 bridgehead atoms. The van der Waals surface area contributed by atoms with Crippen LogP contribution in [0.2, 0.25) is 0 Å². The van der Waals surface area contributed by atoms with E-state index in [-0.39, 0.29) is 5.82 Å². The lowest BCUT2D eigenvalue weighted by Crippen LogP contribution is -2.21. The van der Waals surface area contributed by atoms with Gasteiger partial charge in [-0.3, -0.25) is 0 Å². The number of hydrogen-bond donors (Lipinski definition) is 0. The largest absolute Gasteiger partial charge is 0.496 e. The molecule has 1 aromatic heterocycles. The summed E-state index contributed by atoms with van der Waals surface area (Å²) in [6.45, 7) is 6.23. The minimum atomic E-state index is -0.256. The molecule has 2 aliphatic heterocycles. The highest BCUT2D eigenvalue weighted by atomic mass is 127. The number of ether oxygens (including phenoxy) is 1. The lowest BCUT2D eigenvalue weighted by Gasteiger charge is -2.33. The summed E-state index contributed by atoms with van der Waals surface area (Å²) in [6, 6.07) is 11.2. The van der Waals surface area contributed by atoms with Crippen molar-refractivity contribution in [2.24, 2.45) is 0 Å². The molecule has 164 valence electrons. The molecule has 3 aromatic rings. The summed E-state index contributed by atoms with van der Waals surface area (Å²) in [5, 5.41) is 10.2. The number of nitrogens with zero attached hydrogens (tertiary/aromatic N) is 3. The zero-order chi connectivity index (χ0) is 23.1. The van der Waals surface area contributed by atoms with E-state index in [9.17, 15) is 4.39 Å². The molecule has 0 aliphatic carbocycles. The molecule has 0 saturated heterocycles. The molecule has 2 aromatic carbocycles. The Morgan fingerprint density at radius 2 is 1.94 bits per heavy atom. The molecule has 0 unspecified atom stereocenters. The van der Waals surface area contributed by atoms with Gasteiger partial charge in [0.1, 0.15) is 21.6 Å². The molecule has 0 saturated carbocycles. The van der Waals surface area contributed by atoms with E-state index >= 15 is 0 Å². The van der Waals surface area contributed by atoms with E-state index in [4.69, 9.17) is 4.74 Å². The molecule has 33 heavy (non-hydrogen) atoms. The lowest BCUT2D eigenvalue weighted by molar-refractivity contribution is 0.413. The first-order chi connectivity index (χ1) is 16.0. The van der Waals surface area contributed by atoms with Crippen LogP contribution in [-0.2, 0) is 0 Å².